The van der Waals surface area contributed by atoms with E-state index in [1.807, 2.05) is 41.1 Å². The van der Waals surface area contributed by atoms with Gasteiger partial charge in [-0.2, -0.15) is 5.26 Å². The van der Waals surface area contributed by atoms with Crippen molar-refractivity contribution in [1.82, 2.24) is 4.57 Å². The summed E-state index contributed by atoms with van der Waals surface area (Å²) in [5, 5.41) is 9.08. The van der Waals surface area contributed by atoms with E-state index in [-0.39, 0.29) is 5.97 Å². The lowest BCUT2D eigenvalue weighted by atomic mass is 10.0. The molecule has 1 aromatic heterocycles. The Morgan fingerprint density at radius 1 is 1.10 bits per heavy atom. The zero-order valence-electron chi connectivity index (χ0n) is 16.1. The standard InChI is InChI=1S/C23H21N3O3/c1-2-29-23(28)21-15-26(13-18-5-3-4-17(10-18)12-24)14-20(21)11-16-6-8-19(9-7-16)22(25)27/h3-10,14-15H,2,11,13H2,1H3,(H2,25,27). The number of carbonyl (C=O) groups excluding carboxylic acids is 2. The molecule has 29 heavy (non-hydrogen) atoms. The van der Waals surface area contributed by atoms with Crippen LogP contribution in [0.2, 0.25) is 0 Å². The highest BCUT2D eigenvalue weighted by Gasteiger charge is 2.16. The number of ether oxygens (including phenoxy) is 1. The Hall–Kier alpha value is -3.85. The van der Waals surface area contributed by atoms with E-state index in [4.69, 9.17) is 15.7 Å². The van der Waals surface area contributed by atoms with Crippen molar-refractivity contribution >= 4 is 11.9 Å². The van der Waals surface area contributed by atoms with Gasteiger partial charge in [0.15, 0.2) is 0 Å². The zero-order chi connectivity index (χ0) is 20.8. The number of hydrogen-bond acceptors (Lipinski definition) is 4. The van der Waals surface area contributed by atoms with Crippen LogP contribution in [0.1, 0.15) is 49.9 Å². The van der Waals surface area contributed by atoms with Gasteiger partial charge in [0, 0.05) is 24.5 Å². The summed E-state index contributed by atoms with van der Waals surface area (Å²) in [5.41, 5.74) is 9.56. The van der Waals surface area contributed by atoms with Crippen molar-refractivity contribution in [1.29, 1.82) is 5.26 Å². The first-order chi connectivity index (χ1) is 14.0. The van der Waals surface area contributed by atoms with E-state index >= 15 is 0 Å². The molecule has 2 aromatic carbocycles. The molecule has 0 saturated carbocycles. The van der Waals surface area contributed by atoms with Crippen LogP contribution < -0.4 is 5.73 Å². The largest absolute Gasteiger partial charge is 0.462 e. The second kappa shape index (κ2) is 8.89. The van der Waals surface area contributed by atoms with E-state index in [1.165, 1.54) is 0 Å². The van der Waals surface area contributed by atoms with Gasteiger partial charge in [-0.25, -0.2) is 4.79 Å². The average molecular weight is 387 g/mol. The highest BCUT2D eigenvalue weighted by Crippen LogP contribution is 2.19. The minimum atomic E-state index is -0.477. The summed E-state index contributed by atoms with van der Waals surface area (Å²) in [6.07, 6.45) is 4.19. The third kappa shape index (κ3) is 4.90. The molecule has 1 heterocycles. The van der Waals surface area contributed by atoms with E-state index in [9.17, 15) is 9.59 Å². The molecule has 6 nitrogen and oxygen atoms in total. The molecule has 0 aliphatic rings. The Bertz CT molecular complexity index is 1080. The van der Waals surface area contributed by atoms with E-state index in [0.29, 0.717) is 36.3 Å². The Morgan fingerprint density at radius 3 is 2.52 bits per heavy atom. The van der Waals surface area contributed by atoms with Gasteiger partial charge in [-0.1, -0.05) is 24.3 Å². The van der Waals surface area contributed by atoms with E-state index in [0.717, 1.165) is 16.7 Å². The third-order valence-electron chi connectivity index (χ3n) is 4.51. The fourth-order valence-corrected chi connectivity index (χ4v) is 3.14. The maximum absolute atomic E-state index is 12.4. The Kier molecular flexibility index (Phi) is 6.10. The van der Waals surface area contributed by atoms with Gasteiger partial charge >= 0.3 is 5.97 Å². The number of carbonyl (C=O) groups is 2. The summed E-state index contributed by atoms with van der Waals surface area (Å²) in [6.45, 7) is 2.59. The summed E-state index contributed by atoms with van der Waals surface area (Å²) in [7, 11) is 0. The highest BCUT2D eigenvalue weighted by atomic mass is 16.5. The van der Waals surface area contributed by atoms with E-state index in [1.54, 1.807) is 31.3 Å². The molecule has 6 heteroatoms. The Balaban J connectivity index is 1.89. The average Bonchev–Trinajstić information content (AvgIpc) is 3.11. The SMILES string of the molecule is CCOC(=O)c1cn(Cc2cccc(C#N)c2)cc1Cc1ccc(C(N)=O)cc1. The quantitative estimate of drug-likeness (QED) is 0.629. The lowest BCUT2D eigenvalue weighted by molar-refractivity contribution is 0.0525. The smallest absolute Gasteiger partial charge is 0.339 e. The maximum atomic E-state index is 12.4. The maximum Gasteiger partial charge on any atom is 0.339 e. The van der Waals surface area contributed by atoms with Crippen molar-refractivity contribution in [3.63, 3.8) is 0 Å². The number of aromatic nitrogens is 1. The molecule has 3 rings (SSSR count). The molecule has 146 valence electrons. The molecule has 0 aliphatic carbocycles. The summed E-state index contributed by atoms with van der Waals surface area (Å²) < 4.78 is 7.11. The molecule has 0 radical (unpaired) electrons. The predicted octanol–water partition coefficient (Wildman–Crippen LogP) is 3.27. The molecular formula is C23H21N3O3. The number of hydrogen-bond donors (Lipinski definition) is 1. The molecule has 0 saturated heterocycles. The zero-order valence-corrected chi connectivity index (χ0v) is 16.1. The number of primary amides is 1. The molecule has 3 aromatic rings. The lowest BCUT2D eigenvalue weighted by Gasteiger charge is -2.05. The topological polar surface area (TPSA) is 98.1 Å². The van der Waals surface area contributed by atoms with Crippen molar-refractivity contribution in [3.05, 3.63) is 94.3 Å². The molecule has 0 bridgehead atoms. The van der Waals surface area contributed by atoms with Crippen LogP contribution in [0.25, 0.3) is 0 Å². The first kappa shape index (κ1) is 19.9. The van der Waals surface area contributed by atoms with Crippen molar-refractivity contribution < 1.29 is 14.3 Å². The first-order valence-electron chi connectivity index (χ1n) is 9.23. The third-order valence-corrected chi connectivity index (χ3v) is 4.51. The number of nitrogens with two attached hydrogens (primary N) is 1. The van der Waals surface area contributed by atoms with Crippen LogP contribution in [0.3, 0.4) is 0 Å². The monoisotopic (exact) mass is 387 g/mol. The molecule has 0 fully saturated rings. The molecular weight excluding hydrogens is 366 g/mol. The van der Waals surface area contributed by atoms with Crippen LogP contribution in [0.4, 0.5) is 0 Å². The summed E-state index contributed by atoms with van der Waals surface area (Å²) >= 11 is 0. The minimum absolute atomic E-state index is 0.293. The van der Waals surface area contributed by atoms with Crippen LogP contribution in [0, 0.1) is 11.3 Å². The van der Waals surface area contributed by atoms with Crippen LogP contribution in [-0.4, -0.2) is 23.1 Å². The van der Waals surface area contributed by atoms with Gasteiger partial charge in [-0.15, -0.1) is 0 Å². The summed E-state index contributed by atoms with van der Waals surface area (Å²) in [4.78, 5) is 23.7. The molecule has 0 unspecified atom stereocenters. The van der Waals surface area contributed by atoms with Gasteiger partial charge in [0.2, 0.25) is 5.91 Å². The molecule has 1 amide bonds. The minimum Gasteiger partial charge on any atom is -0.462 e. The number of rotatable bonds is 7. The molecule has 0 atom stereocenters. The second-order valence-corrected chi connectivity index (χ2v) is 6.64. The summed E-state index contributed by atoms with van der Waals surface area (Å²) in [6, 6.07) is 16.5. The number of nitriles is 1. The second-order valence-electron chi connectivity index (χ2n) is 6.64. The number of esters is 1. The number of amides is 1. The Morgan fingerprint density at radius 2 is 1.86 bits per heavy atom. The Labute approximate surface area is 169 Å². The van der Waals surface area contributed by atoms with Crippen LogP contribution >= 0.6 is 0 Å². The fraction of sp³-hybridized carbons (Fsp3) is 0.174. The van der Waals surface area contributed by atoms with Gasteiger partial charge in [0.05, 0.1) is 23.8 Å². The van der Waals surface area contributed by atoms with Gasteiger partial charge in [0.1, 0.15) is 0 Å². The number of nitrogens with zero attached hydrogens (tertiary/aromatic N) is 2. The van der Waals surface area contributed by atoms with Crippen LogP contribution in [-0.2, 0) is 17.7 Å². The normalized spacial score (nSPS) is 10.3. The fourth-order valence-electron chi connectivity index (χ4n) is 3.14. The first-order valence-corrected chi connectivity index (χ1v) is 9.23. The van der Waals surface area contributed by atoms with Gasteiger partial charge < -0.3 is 15.0 Å². The molecule has 0 spiro atoms. The summed E-state index contributed by atoms with van der Waals surface area (Å²) in [5.74, 6) is -0.852. The van der Waals surface area contributed by atoms with E-state index in [2.05, 4.69) is 6.07 Å². The van der Waals surface area contributed by atoms with Gasteiger partial charge in [-0.3, -0.25) is 4.79 Å². The van der Waals surface area contributed by atoms with Gasteiger partial charge in [-0.05, 0) is 54.3 Å². The van der Waals surface area contributed by atoms with Crippen molar-refractivity contribution in [2.45, 2.75) is 19.9 Å². The van der Waals surface area contributed by atoms with Crippen molar-refractivity contribution in [2.24, 2.45) is 5.73 Å². The molecule has 2 N–H and O–H groups in total. The molecule has 0 aliphatic heterocycles. The highest BCUT2D eigenvalue weighted by molar-refractivity contribution is 5.93. The van der Waals surface area contributed by atoms with Crippen molar-refractivity contribution in [3.8, 4) is 6.07 Å². The van der Waals surface area contributed by atoms with Crippen LogP contribution in [0.5, 0.6) is 0 Å². The van der Waals surface area contributed by atoms with Crippen molar-refractivity contribution in [2.75, 3.05) is 6.61 Å². The predicted molar refractivity (Wildman–Crippen MR) is 108 cm³/mol. The number of benzene rings is 2. The van der Waals surface area contributed by atoms with Crippen LogP contribution in [0.15, 0.2) is 60.9 Å². The lowest BCUT2D eigenvalue weighted by Crippen LogP contribution is -2.10. The van der Waals surface area contributed by atoms with Gasteiger partial charge in [0.25, 0.3) is 0 Å². The van der Waals surface area contributed by atoms with E-state index < -0.39 is 5.91 Å².